The lowest BCUT2D eigenvalue weighted by atomic mass is 9.61. The van der Waals surface area contributed by atoms with E-state index in [1.165, 1.54) is 69.3 Å². The zero-order chi connectivity index (χ0) is 39.8. The summed E-state index contributed by atoms with van der Waals surface area (Å²) in [6.07, 6.45) is 4.76. The molecule has 6 aromatic carbocycles. The number of hydrogen-bond acceptors (Lipinski definition) is 1. The lowest BCUT2D eigenvalue weighted by Gasteiger charge is -2.40. The van der Waals surface area contributed by atoms with Gasteiger partial charge in [0, 0.05) is 5.71 Å². The van der Waals surface area contributed by atoms with Crippen LogP contribution in [0.5, 0.6) is 0 Å². The second kappa shape index (κ2) is 25.1. The summed E-state index contributed by atoms with van der Waals surface area (Å²) in [5.41, 5.74) is 14.4. The summed E-state index contributed by atoms with van der Waals surface area (Å²) in [6.45, 7) is 22.8. The van der Waals surface area contributed by atoms with Crippen molar-refractivity contribution in [2.24, 2.45) is 4.99 Å². The Hall–Kier alpha value is -5.01. The predicted octanol–water partition coefficient (Wildman–Crippen LogP) is 16.1. The van der Waals surface area contributed by atoms with Crippen molar-refractivity contribution < 1.29 is 0 Å². The van der Waals surface area contributed by atoms with Gasteiger partial charge >= 0.3 is 0 Å². The molecule has 0 atom stereocenters. The lowest BCUT2D eigenvalue weighted by molar-refractivity contribution is 0.722. The first-order chi connectivity index (χ1) is 26.5. The van der Waals surface area contributed by atoms with E-state index in [-0.39, 0.29) is 5.41 Å². The molecule has 0 amide bonds. The molecule has 0 aromatic heterocycles. The second-order valence-electron chi connectivity index (χ2n) is 12.9. The van der Waals surface area contributed by atoms with E-state index in [9.17, 15) is 0 Å². The van der Waals surface area contributed by atoms with Crippen molar-refractivity contribution in [1.82, 2.24) is 0 Å². The van der Waals surface area contributed by atoms with Gasteiger partial charge in [0.2, 0.25) is 0 Å². The summed E-state index contributed by atoms with van der Waals surface area (Å²) >= 11 is 0. The molecule has 0 radical (unpaired) electrons. The fourth-order valence-corrected chi connectivity index (χ4v) is 6.69. The molecule has 0 aliphatic heterocycles. The molecule has 0 saturated carbocycles. The molecule has 2 aliphatic carbocycles. The third kappa shape index (κ3) is 11.0. The Morgan fingerprint density at radius 3 is 1.15 bits per heavy atom. The van der Waals surface area contributed by atoms with Crippen LogP contribution in [0.1, 0.15) is 134 Å². The van der Waals surface area contributed by atoms with Gasteiger partial charge in [-0.25, -0.2) is 0 Å². The van der Waals surface area contributed by atoms with Gasteiger partial charge < -0.3 is 0 Å². The molecule has 0 bridgehead atoms. The predicted molar refractivity (Wildman–Crippen MR) is 242 cm³/mol. The number of benzene rings is 6. The first-order valence-corrected chi connectivity index (χ1v) is 20.5. The lowest BCUT2D eigenvalue weighted by Crippen LogP contribution is -2.34. The highest BCUT2D eigenvalue weighted by Gasteiger charge is 2.49. The van der Waals surface area contributed by atoms with Crippen LogP contribution in [0.25, 0.3) is 11.1 Å². The Bertz CT molecular complexity index is 1820. The highest BCUT2D eigenvalue weighted by atomic mass is 14.7. The van der Waals surface area contributed by atoms with Crippen LogP contribution in [-0.4, -0.2) is 5.71 Å². The summed E-state index contributed by atoms with van der Waals surface area (Å²) in [5, 5.41) is 0. The molecule has 0 heterocycles. The monoisotopic (exact) mass is 718 g/mol. The molecule has 0 saturated heterocycles. The van der Waals surface area contributed by atoms with Crippen molar-refractivity contribution in [3.8, 4) is 11.1 Å². The number of para-hydroxylation sites is 1. The van der Waals surface area contributed by atoms with Crippen LogP contribution in [0.4, 0.5) is 5.69 Å². The van der Waals surface area contributed by atoms with E-state index >= 15 is 0 Å². The minimum atomic E-state index is -0.196. The van der Waals surface area contributed by atoms with Crippen LogP contribution in [-0.2, 0) is 11.8 Å². The maximum atomic E-state index is 4.55. The van der Waals surface area contributed by atoms with Crippen molar-refractivity contribution in [3.05, 3.63) is 197 Å². The zero-order valence-corrected chi connectivity index (χ0v) is 35.3. The first-order valence-electron chi connectivity index (χ1n) is 20.5. The average Bonchev–Trinajstić information content (AvgIpc) is 3.52. The van der Waals surface area contributed by atoms with Crippen LogP contribution in [0.15, 0.2) is 163 Å². The van der Waals surface area contributed by atoms with Crippen LogP contribution in [0.2, 0.25) is 0 Å². The fraction of sp³-hybridized carbons (Fsp3) is 0.302. The van der Waals surface area contributed by atoms with E-state index in [1.807, 2.05) is 83.1 Å². The number of fused-ring (bicyclic) bond motifs is 9. The van der Waals surface area contributed by atoms with Gasteiger partial charge in [-0.3, -0.25) is 4.99 Å². The molecule has 1 heteroatoms. The van der Waals surface area contributed by atoms with Crippen LogP contribution < -0.4 is 0 Å². The van der Waals surface area contributed by atoms with Crippen molar-refractivity contribution in [2.75, 3.05) is 0 Å². The molecule has 1 spiro atoms. The van der Waals surface area contributed by atoms with Gasteiger partial charge in [-0.15, -0.1) is 0 Å². The van der Waals surface area contributed by atoms with Gasteiger partial charge in [-0.05, 0) is 75.5 Å². The molecule has 54 heavy (non-hydrogen) atoms. The normalized spacial score (nSPS) is 11.6. The number of rotatable bonds is 2. The van der Waals surface area contributed by atoms with Crippen molar-refractivity contribution in [1.29, 1.82) is 0 Å². The Labute approximate surface area is 330 Å². The topological polar surface area (TPSA) is 12.4 Å². The van der Waals surface area contributed by atoms with Gasteiger partial charge in [-0.2, -0.15) is 0 Å². The molecule has 0 N–H and O–H groups in total. The molecule has 1 nitrogen and oxygen atoms in total. The Morgan fingerprint density at radius 1 is 0.426 bits per heavy atom. The smallest absolute Gasteiger partial charge is 0.0719 e. The highest BCUT2D eigenvalue weighted by Crippen LogP contribution is 2.58. The highest BCUT2D eigenvalue weighted by molar-refractivity contribution is 6.00. The second-order valence-corrected chi connectivity index (χ2v) is 12.9. The van der Waals surface area contributed by atoms with Gasteiger partial charge in [0.15, 0.2) is 0 Å². The molecule has 0 unspecified atom stereocenters. The number of aliphatic imine (C=N–C) groups is 1. The molecule has 8 rings (SSSR count). The van der Waals surface area contributed by atoms with Gasteiger partial charge in [0.25, 0.3) is 0 Å². The van der Waals surface area contributed by atoms with Gasteiger partial charge in [0.05, 0.1) is 11.1 Å². The summed E-state index contributed by atoms with van der Waals surface area (Å²) in [5.74, 6) is 0. The Morgan fingerprint density at radius 2 is 0.741 bits per heavy atom. The molecule has 2 aliphatic rings. The van der Waals surface area contributed by atoms with Crippen molar-refractivity contribution >= 4 is 11.4 Å². The average molecular weight is 718 g/mol. The summed E-state index contributed by atoms with van der Waals surface area (Å²) in [7, 11) is 0. The summed E-state index contributed by atoms with van der Waals surface area (Å²) in [6, 6.07) is 56.1. The van der Waals surface area contributed by atoms with E-state index in [0.29, 0.717) is 0 Å². The van der Waals surface area contributed by atoms with Gasteiger partial charge in [-0.1, -0.05) is 234 Å². The largest absolute Gasteiger partial charge is 0.253 e. The van der Waals surface area contributed by atoms with Crippen molar-refractivity contribution in [2.45, 2.75) is 107 Å². The van der Waals surface area contributed by atoms with Crippen LogP contribution in [0.3, 0.4) is 0 Å². The molecule has 284 valence electrons. The molecular formula is C53H67N. The number of nitrogens with zero attached hydrogens (tertiary/aromatic N) is 1. The molecule has 6 aromatic rings. The molecular weight excluding hydrogens is 651 g/mol. The standard InChI is InChI=1S/C26H18.C14H13N.3C3H8.2C2H6/c1-5-13-22-18(9-1)17-19-10-2-6-14-23(19)26(22)24-15-7-3-11-20(24)21-12-4-8-16-25(21)26;1-12(13-8-4-2-5-9-13)15-14-10-6-3-7-11-14;3*1-3-2;2*1-2/h1-16H,17H2;2-11H,1H3;3*3H2,1-2H3;2*1-2H3. The Kier molecular flexibility index (Phi) is 21.0. The fourth-order valence-electron chi connectivity index (χ4n) is 6.69. The molecule has 0 fully saturated rings. The number of hydrogen-bond donors (Lipinski definition) is 0. The zero-order valence-electron chi connectivity index (χ0n) is 35.3. The van der Waals surface area contributed by atoms with E-state index in [4.69, 9.17) is 0 Å². The minimum Gasteiger partial charge on any atom is -0.253 e. The van der Waals surface area contributed by atoms with E-state index in [1.54, 1.807) is 0 Å². The third-order valence-electron chi connectivity index (χ3n) is 8.42. The SMILES string of the molecule is CC.CC.CC(=Nc1ccccc1)c1ccccc1.CCC.CCC.CCC.c1ccc2c(c1)Cc1ccccc1C21c2ccccc2-c2ccccc21. The quantitative estimate of drug-likeness (QED) is 0.158. The van der Waals surface area contributed by atoms with E-state index in [2.05, 4.69) is 156 Å². The summed E-state index contributed by atoms with van der Waals surface area (Å²) in [4.78, 5) is 4.55. The third-order valence-corrected chi connectivity index (χ3v) is 8.42. The van der Waals surface area contributed by atoms with Crippen LogP contribution >= 0.6 is 0 Å². The Balaban J connectivity index is 0.000000307. The maximum absolute atomic E-state index is 4.55. The van der Waals surface area contributed by atoms with E-state index in [0.717, 1.165) is 17.8 Å². The van der Waals surface area contributed by atoms with E-state index < -0.39 is 0 Å². The minimum absolute atomic E-state index is 0.196. The van der Waals surface area contributed by atoms with Crippen molar-refractivity contribution in [3.63, 3.8) is 0 Å². The van der Waals surface area contributed by atoms with Crippen LogP contribution in [0, 0.1) is 0 Å². The first kappa shape index (κ1) is 45.1. The maximum Gasteiger partial charge on any atom is 0.0719 e. The summed E-state index contributed by atoms with van der Waals surface area (Å²) < 4.78 is 0. The van der Waals surface area contributed by atoms with Gasteiger partial charge in [0.1, 0.15) is 0 Å².